The van der Waals surface area contributed by atoms with Gasteiger partial charge in [-0.2, -0.15) is 0 Å². The van der Waals surface area contributed by atoms with Gasteiger partial charge in [0.25, 0.3) is 0 Å². The number of hydrogen-bond donors (Lipinski definition) is 6. The van der Waals surface area contributed by atoms with E-state index in [1.54, 1.807) is 6.08 Å². The molecule has 1 heterocycles. The maximum Gasteiger partial charge on any atom is 0.220 e. The molecule has 9 heteroatoms. The monoisotopic (exact) mass is 1090 g/mol. The van der Waals surface area contributed by atoms with E-state index in [1.807, 2.05) is 6.08 Å². The lowest BCUT2D eigenvalue weighted by molar-refractivity contribution is -0.302. The minimum absolute atomic E-state index is 0.182. The summed E-state index contributed by atoms with van der Waals surface area (Å²) in [4.78, 5) is 13.1. The molecule has 0 aliphatic carbocycles. The first-order valence-corrected chi connectivity index (χ1v) is 32.8. The molecule has 1 saturated heterocycles. The fourth-order valence-electron chi connectivity index (χ4n) is 10.1. The molecule has 1 fully saturated rings. The van der Waals surface area contributed by atoms with E-state index in [4.69, 9.17) is 9.47 Å². The maximum atomic E-state index is 13.1. The summed E-state index contributed by atoms with van der Waals surface area (Å²) in [6.45, 7) is 3.69. The van der Waals surface area contributed by atoms with Crippen molar-refractivity contribution in [3.63, 3.8) is 0 Å². The third kappa shape index (κ3) is 46.0. The summed E-state index contributed by atoms with van der Waals surface area (Å²) in [5.74, 6) is -0.182. The molecule has 1 amide bonds. The highest BCUT2D eigenvalue weighted by molar-refractivity contribution is 5.76. The molecule has 1 aliphatic heterocycles. The standard InChI is InChI=1S/C69H123NO8/c1-3-5-7-9-11-13-15-17-19-21-23-25-27-29-31-32-33-35-37-39-41-43-45-47-49-51-53-55-57-59-65(73)70-62(61-77-69-68(76)67(75)66(74)64(60-71)78-69)63(72)58-56-54-52-50-48-46-44-42-40-38-36-34-30-28-26-24-22-20-18-16-14-12-10-8-6-4-2/h5,7,11,13,17,19,23,25,29,31,33,35,56,58,62-64,66-69,71-72,74-76H,3-4,6,8-10,12,14-16,18,20-22,24,26-28,30,32,34,36-55,57,59-61H2,1-2H3,(H,70,73)/b7-5-,13-11-,19-17-,25-23-,31-29-,35-33-,58-56+. The largest absolute Gasteiger partial charge is 0.394 e. The molecule has 0 bridgehead atoms. The second-order valence-corrected chi connectivity index (χ2v) is 22.5. The first kappa shape index (κ1) is 73.4. The number of nitrogens with one attached hydrogen (secondary N) is 1. The maximum absolute atomic E-state index is 13.1. The molecule has 7 atom stereocenters. The topological polar surface area (TPSA) is 149 Å². The molecule has 9 nitrogen and oxygen atoms in total. The van der Waals surface area contributed by atoms with Crippen molar-refractivity contribution in [2.45, 2.75) is 333 Å². The second-order valence-electron chi connectivity index (χ2n) is 22.5. The van der Waals surface area contributed by atoms with Gasteiger partial charge in [-0.15, -0.1) is 0 Å². The first-order chi connectivity index (χ1) is 38.3. The summed E-state index contributed by atoms with van der Waals surface area (Å²) in [6.07, 6.45) is 75.2. The SMILES string of the molecule is CC/C=C\C/C=C\C/C=C\C/C=C\C/C=C\C/C=C\CCCCCCCCCCCCC(=O)NC(COC1OC(CO)C(O)C(O)C1O)C(O)/C=C/CCCCCCCCCCCCCCCCCCCCCCCCCC. The van der Waals surface area contributed by atoms with E-state index in [1.165, 1.54) is 186 Å². The van der Waals surface area contributed by atoms with Crippen LogP contribution in [0.25, 0.3) is 0 Å². The number of amides is 1. The highest BCUT2D eigenvalue weighted by Crippen LogP contribution is 2.23. The van der Waals surface area contributed by atoms with Crippen LogP contribution in [-0.4, -0.2) is 87.5 Å². The van der Waals surface area contributed by atoms with Crippen molar-refractivity contribution in [1.82, 2.24) is 5.32 Å². The molecule has 0 aromatic carbocycles. The highest BCUT2D eigenvalue weighted by Gasteiger charge is 2.44. The zero-order valence-electron chi connectivity index (χ0n) is 50.4. The lowest BCUT2D eigenvalue weighted by Gasteiger charge is -2.40. The van der Waals surface area contributed by atoms with Gasteiger partial charge < -0.3 is 40.3 Å². The number of allylic oxidation sites excluding steroid dienone is 13. The highest BCUT2D eigenvalue weighted by atomic mass is 16.7. The Labute approximate surface area is 480 Å². The Morgan fingerprint density at radius 1 is 0.449 bits per heavy atom. The number of unbranched alkanes of at least 4 members (excludes halogenated alkanes) is 34. The number of carbonyl (C=O) groups is 1. The van der Waals surface area contributed by atoms with E-state index in [2.05, 4.69) is 92.1 Å². The van der Waals surface area contributed by atoms with Crippen LogP contribution in [0.1, 0.15) is 290 Å². The van der Waals surface area contributed by atoms with Gasteiger partial charge in [0.1, 0.15) is 24.4 Å². The Kier molecular flexibility index (Phi) is 54.2. The van der Waals surface area contributed by atoms with Crippen molar-refractivity contribution in [1.29, 1.82) is 0 Å². The molecule has 0 aromatic heterocycles. The molecule has 0 saturated carbocycles. The molecule has 1 rings (SSSR count). The number of hydrogen-bond acceptors (Lipinski definition) is 8. The molecular weight excluding hydrogens is 971 g/mol. The van der Waals surface area contributed by atoms with Crippen LogP contribution in [0, 0.1) is 0 Å². The van der Waals surface area contributed by atoms with Gasteiger partial charge in [0.05, 0.1) is 25.4 Å². The molecule has 0 aromatic rings. The van der Waals surface area contributed by atoms with Gasteiger partial charge >= 0.3 is 0 Å². The molecule has 1 aliphatic rings. The Morgan fingerprint density at radius 3 is 1.18 bits per heavy atom. The van der Waals surface area contributed by atoms with Crippen molar-refractivity contribution in [3.05, 3.63) is 85.1 Å². The Hall–Kier alpha value is -2.63. The van der Waals surface area contributed by atoms with Gasteiger partial charge in [-0.1, -0.05) is 298 Å². The quantitative estimate of drug-likeness (QED) is 0.0261. The van der Waals surface area contributed by atoms with E-state index in [0.29, 0.717) is 6.42 Å². The average molecular weight is 1090 g/mol. The summed E-state index contributed by atoms with van der Waals surface area (Å²) in [5.41, 5.74) is 0. The van der Waals surface area contributed by atoms with E-state index >= 15 is 0 Å². The van der Waals surface area contributed by atoms with Gasteiger partial charge in [0.2, 0.25) is 5.91 Å². The van der Waals surface area contributed by atoms with Crippen LogP contribution in [0.2, 0.25) is 0 Å². The number of ether oxygens (including phenoxy) is 2. The predicted octanol–water partition coefficient (Wildman–Crippen LogP) is 17.4. The number of aliphatic hydroxyl groups excluding tert-OH is 5. The third-order valence-electron chi connectivity index (χ3n) is 15.2. The van der Waals surface area contributed by atoms with Crippen molar-refractivity contribution < 1.29 is 39.8 Å². The zero-order chi connectivity index (χ0) is 56.5. The van der Waals surface area contributed by atoms with Gasteiger partial charge in [0.15, 0.2) is 6.29 Å². The zero-order valence-corrected chi connectivity index (χ0v) is 50.4. The molecule has 0 radical (unpaired) electrons. The fraction of sp³-hybridized carbons (Fsp3) is 0.783. The van der Waals surface area contributed by atoms with E-state index in [-0.39, 0.29) is 12.5 Å². The molecule has 452 valence electrons. The predicted molar refractivity (Wildman–Crippen MR) is 332 cm³/mol. The van der Waals surface area contributed by atoms with Crippen LogP contribution in [0.5, 0.6) is 0 Å². The smallest absolute Gasteiger partial charge is 0.220 e. The van der Waals surface area contributed by atoms with Gasteiger partial charge in [-0.05, 0) is 70.6 Å². The third-order valence-corrected chi connectivity index (χ3v) is 15.2. The fourth-order valence-corrected chi connectivity index (χ4v) is 10.1. The molecule has 7 unspecified atom stereocenters. The van der Waals surface area contributed by atoms with Crippen LogP contribution in [0.3, 0.4) is 0 Å². The van der Waals surface area contributed by atoms with Gasteiger partial charge in [-0.25, -0.2) is 0 Å². The van der Waals surface area contributed by atoms with Crippen molar-refractivity contribution in [2.75, 3.05) is 13.2 Å². The van der Waals surface area contributed by atoms with E-state index in [9.17, 15) is 30.3 Å². The lowest BCUT2D eigenvalue weighted by Crippen LogP contribution is -2.60. The van der Waals surface area contributed by atoms with Crippen LogP contribution in [0.4, 0.5) is 0 Å². The second kappa shape index (κ2) is 57.6. The minimum atomic E-state index is -1.57. The Bertz CT molecular complexity index is 1500. The molecule has 78 heavy (non-hydrogen) atoms. The van der Waals surface area contributed by atoms with Crippen molar-refractivity contribution >= 4 is 5.91 Å². The van der Waals surface area contributed by atoms with Gasteiger partial charge in [-0.3, -0.25) is 4.79 Å². The summed E-state index contributed by atoms with van der Waals surface area (Å²) >= 11 is 0. The van der Waals surface area contributed by atoms with E-state index < -0.39 is 49.5 Å². The number of aliphatic hydroxyl groups is 5. The summed E-state index contributed by atoms with van der Waals surface area (Å²) < 4.78 is 11.3. The summed E-state index contributed by atoms with van der Waals surface area (Å²) in [5, 5.41) is 54.7. The first-order valence-electron chi connectivity index (χ1n) is 32.8. The van der Waals surface area contributed by atoms with Crippen molar-refractivity contribution in [3.8, 4) is 0 Å². The normalized spacial score (nSPS) is 19.2. The van der Waals surface area contributed by atoms with Crippen LogP contribution in [0.15, 0.2) is 85.1 Å². The summed E-state index contributed by atoms with van der Waals surface area (Å²) in [6, 6.07) is -0.814. The molecular formula is C69H123NO8. The Morgan fingerprint density at radius 2 is 0.795 bits per heavy atom. The summed E-state index contributed by atoms with van der Waals surface area (Å²) in [7, 11) is 0. The number of carbonyl (C=O) groups excluding carboxylic acids is 1. The average Bonchev–Trinajstić information content (AvgIpc) is 3.45. The van der Waals surface area contributed by atoms with Gasteiger partial charge in [0, 0.05) is 6.42 Å². The lowest BCUT2D eigenvalue weighted by atomic mass is 9.99. The molecule has 0 spiro atoms. The minimum Gasteiger partial charge on any atom is -0.394 e. The van der Waals surface area contributed by atoms with Crippen LogP contribution in [-0.2, 0) is 14.3 Å². The van der Waals surface area contributed by atoms with Crippen molar-refractivity contribution in [2.24, 2.45) is 0 Å². The van der Waals surface area contributed by atoms with Crippen LogP contribution < -0.4 is 5.32 Å². The van der Waals surface area contributed by atoms with E-state index in [0.717, 1.165) is 83.5 Å². The molecule has 6 N–H and O–H groups in total. The number of rotatable bonds is 56. The van der Waals surface area contributed by atoms with Crippen LogP contribution >= 0.6 is 0 Å². The Balaban J connectivity index is 2.19.